The Kier molecular flexibility index (Phi) is 7.48. The number of H-pyrrole nitrogens is 1. The molecule has 18 heavy (non-hydrogen) atoms. The first-order valence-corrected chi connectivity index (χ1v) is 6.03. The van der Waals surface area contributed by atoms with Crippen molar-refractivity contribution in [3.05, 3.63) is 32.6 Å². The molecular formula is C13H21N3O2. The minimum atomic E-state index is -0.444. The molecular weight excluding hydrogens is 230 g/mol. The molecule has 0 radical (unpaired) electrons. The van der Waals surface area contributed by atoms with E-state index in [1.165, 1.54) is 10.8 Å². The smallest absolute Gasteiger partial charge is 0.304 e. The topological polar surface area (TPSA) is 66.9 Å². The van der Waals surface area contributed by atoms with Crippen LogP contribution in [0, 0.1) is 11.8 Å². The van der Waals surface area contributed by atoms with E-state index in [9.17, 15) is 9.59 Å². The van der Waals surface area contributed by atoms with Crippen molar-refractivity contribution in [2.45, 2.75) is 33.7 Å². The Morgan fingerprint density at radius 1 is 1.39 bits per heavy atom. The van der Waals surface area contributed by atoms with Gasteiger partial charge in [-0.15, -0.1) is 0 Å². The third kappa shape index (κ3) is 5.51. The molecule has 0 fully saturated rings. The van der Waals surface area contributed by atoms with Crippen LogP contribution in [0.2, 0.25) is 0 Å². The van der Waals surface area contributed by atoms with Crippen molar-refractivity contribution in [2.75, 3.05) is 6.54 Å². The van der Waals surface area contributed by atoms with Gasteiger partial charge in [-0.3, -0.25) is 9.78 Å². The van der Waals surface area contributed by atoms with Crippen molar-refractivity contribution >= 4 is 0 Å². The second kappa shape index (κ2) is 8.31. The van der Waals surface area contributed by atoms with E-state index < -0.39 is 11.2 Å². The lowest BCUT2D eigenvalue weighted by atomic mass is 10.3. The molecule has 0 bridgehead atoms. The number of aryl methyl sites for hydroxylation is 1. The first-order valence-electron chi connectivity index (χ1n) is 6.03. The van der Waals surface area contributed by atoms with E-state index in [-0.39, 0.29) is 0 Å². The summed E-state index contributed by atoms with van der Waals surface area (Å²) in [5.74, 6) is 5.54. The average Bonchev–Trinajstić information content (AvgIpc) is 2.33. The molecule has 1 aromatic heterocycles. The lowest BCUT2D eigenvalue weighted by molar-refractivity contribution is 0.638. The zero-order chi connectivity index (χ0) is 14.1. The maximum absolute atomic E-state index is 11.3. The van der Waals surface area contributed by atoms with E-state index in [2.05, 4.69) is 22.1 Å². The molecule has 0 aliphatic carbocycles. The molecule has 0 spiro atoms. The summed E-state index contributed by atoms with van der Waals surface area (Å²) >= 11 is 0. The van der Waals surface area contributed by atoms with Gasteiger partial charge in [0.25, 0.3) is 5.56 Å². The van der Waals surface area contributed by atoms with Gasteiger partial charge >= 0.3 is 5.69 Å². The molecule has 0 saturated heterocycles. The normalized spacial score (nSPS) is 9.22. The van der Waals surface area contributed by atoms with Gasteiger partial charge in [0.2, 0.25) is 0 Å². The Balaban J connectivity index is 0.00000137. The molecule has 1 rings (SSSR count). The van der Waals surface area contributed by atoms with Crippen molar-refractivity contribution < 1.29 is 0 Å². The van der Waals surface area contributed by atoms with Gasteiger partial charge in [0.05, 0.1) is 6.54 Å². The summed E-state index contributed by atoms with van der Waals surface area (Å²) in [4.78, 5) is 24.6. The van der Waals surface area contributed by atoms with Gasteiger partial charge in [-0.25, -0.2) is 4.79 Å². The number of hydrogen-bond acceptors (Lipinski definition) is 3. The van der Waals surface area contributed by atoms with Crippen LogP contribution in [0.5, 0.6) is 0 Å². The molecule has 0 saturated carbocycles. The molecule has 0 aliphatic heterocycles. The third-order valence-electron chi connectivity index (χ3n) is 1.93. The summed E-state index contributed by atoms with van der Waals surface area (Å²) in [6.45, 7) is 8.54. The van der Waals surface area contributed by atoms with Gasteiger partial charge in [-0.2, -0.15) is 0 Å². The van der Waals surface area contributed by atoms with Crippen LogP contribution in [0.4, 0.5) is 0 Å². The van der Waals surface area contributed by atoms with E-state index >= 15 is 0 Å². The monoisotopic (exact) mass is 251 g/mol. The lowest BCUT2D eigenvalue weighted by Gasteiger charge is -2.01. The largest absolute Gasteiger partial charge is 0.328 e. The fourth-order valence-corrected chi connectivity index (χ4v) is 1.05. The first-order chi connectivity index (χ1) is 8.50. The predicted octanol–water partition coefficient (Wildman–Crippen LogP) is 0.449. The van der Waals surface area contributed by atoms with Gasteiger partial charge in [-0.1, -0.05) is 25.7 Å². The van der Waals surface area contributed by atoms with E-state index in [0.717, 1.165) is 0 Å². The molecule has 2 N–H and O–H groups in total. The fraction of sp³-hybridized carbons (Fsp3) is 0.538. The standard InChI is InChI=1S/C11H15N3O2.C2H6/c1-8(2)12-6-4-5-9-7-14(3)11(16)13-10(9)15;1-2/h7-8,12H,6H2,1-3H3,(H,13,15,16);1-2H3. The van der Waals surface area contributed by atoms with Crippen LogP contribution in [0.1, 0.15) is 33.3 Å². The van der Waals surface area contributed by atoms with Crippen molar-refractivity contribution in [1.82, 2.24) is 14.9 Å². The number of nitrogens with one attached hydrogen (secondary N) is 2. The summed E-state index contributed by atoms with van der Waals surface area (Å²) in [6, 6.07) is 0.354. The molecule has 1 heterocycles. The quantitative estimate of drug-likeness (QED) is 0.750. The minimum absolute atomic E-state index is 0.299. The summed E-state index contributed by atoms with van der Waals surface area (Å²) in [5.41, 5.74) is -0.580. The molecule has 0 unspecified atom stereocenters. The van der Waals surface area contributed by atoms with Gasteiger partial charge in [0.1, 0.15) is 5.56 Å². The van der Waals surface area contributed by atoms with Crippen molar-refractivity contribution in [3.8, 4) is 11.8 Å². The summed E-state index contributed by atoms with van der Waals surface area (Å²) in [6.07, 6.45) is 1.43. The Bertz CT molecular complexity index is 530. The second-order valence-electron chi connectivity index (χ2n) is 3.75. The molecule has 0 atom stereocenters. The van der Waals surface area contributed by atoms with E-state index in [4.69, 9.17) is 0 Å². The molecule has 5 nitrogen and oxygen atoms in total. The van der Waals surface area contributed by atoms with E-state index in [0.29, 0.717) is 18.2 Å². The minimum Gasteiger partial charge on any atom is -0.304 e. The van der Waals surface area contributed by atoms with Crippen molar-refractivity contribution in [1.29, 1.82) is 0 Å². The maximum atomic E-state index is 11.3. The van der Waals surface area contributed by atoms with Gasteiger partial charge < -0.3 is 9.88 Å². The summed E-state index contributed by atoms with van der Waals surface area (Å²) < 4.78 is 1.29. The molecule has 0 aromatic carbocycles. The number of nitrogens with zero attached hydrogens (tertiary/aromatic N) is 1. The van der Waals surface area contributed by atoms with Crippen molar-refractivity contribution in [3.63, 3.8) is 0 Å². The van der Waals surface area contributed by atoms with Crippen LogP contribution in [0.15, 0.2) is 15.8 Å². The zero-order valence-corrected chi connectivity index (χ0v) is 11.6. The highest BCUT2D eigenvalue weighted by molar-refractivity contribution is 5.29. The van der Waals surface area contributed by atoms with Gasteiger partial charge in [0.15, 0.2) is 0 Å². The highest BCUT2D eigenvalue weighted by Crippen LogP contribution is 1.81. The SMILES string of the molecule is CC.CC(C)NCC#Cc1cn(C)c(=O)[nH]c1=O. The van der Waals surface area contributed by atoms with Crippen LogP contribution in [-0.2, 0) is 7.05 Å². The van der Waals surface area contributed by atoms with Crippen LogP contribution >= 0.6 is 0 Å². The first kappa shape index (κ1) is 16.2. The third-order valence-corrected chi connectivity index (χ3v) is 1.93. The Morgan fingerprint density at radius 3 is 2.56 bits per heavy atom. The van der Waals surface area contributed by atoms with E-state index in [1.54, 1.807) is 7.05 Å². The maximum Gasteiger partial charge on any atom is 0.328 e. The molecule has 1 aromatic rings. The molecule has 5 heteroatoms. The highest BCUT2D eigenvalue weighted by atomic mass is 16.2. The molecule has 100 valence electrons. The number of aromatic nitrogens is 2. The zero-order valence-electron chi connectivity index (χ0n) is 11.6. The number of rotatable bonds is 2. The second-order valence-corrected chi connectivity index (χ2v) is 3.75. The van der Waals surface area contributed by atoms with Crippen LogP contribution in [-0.4, -0.2) is 22.1 Å². The summed E-state index contributed by atoms with van der Waals surface area (Å²) in [5, 5.41) is 3.11. The Morgan fingerprint density at radius 2 is 2.00 bits per heavy atom. The van der Waals surface area contributed by atoms with Crippen molar-refractivity contribution in [2.24, 2.45) is 7.05 Å². The van der Waals surface area contributed by atoms with E-state index in [1.807, 2.05) is 27.7 Å². The fourth-order valence-electron chi connectivity index (χ4n) is 1.05. The molecule has 0 aliphatic rings. The van der Waals surface area contributed by atoms with Crippen LogP contribution < -0.4 is 16.6 Å². The van der Waals surface area contributed by atoms with Crippen LogP contribution in [0.3, 0.4) is 0 Å². The lowest BCUT2D eigenvalue weighted by Crippen LogP contribution is -2.29. The van der Waals surface area contributed by atoms with Crippen LogP contribution in [0.25, 0.3) is 0 Å². The Labute approximate surface area is 107 Å². The highest BCUT2D eigenvalue weighted by Gasteiger charge is 1.98. The van der Waals surface area contributed by atoms with Gasteiger partial charge in [0, 0.05) is 19.3 Å². The van der Waals surface area contributed by atoms with Gasteiger partial charge in [-0.05, 0) is 13.8 Å². The predicted molar refractivity (Wildman–Crippen MR) is 73.7 cm³/mol. The average molecular weight is 251 g/mol. The Hall–Kier alpha value is -1.80. The summed E-state index contributed by atoms with van der Waals surface area (Å²) in [7, 11) is 1.57. The molecule has 0 amide bonds. The number of aromatic amines is 1. The number of hydrogen-bond donors (Lipinski definition) is 2.